The molecule has 0 amide bonds. The van der Waals surface area contributed by atoms with Gasteiger partial charge >= 0.3 is 5.97 Å². The number of aryl methyl sites for hydroxylation is 1. The Morgan fingerprint density at radius 3 is 2.95 bits per heavy atom. The van der Waals surface area contributed by atoms with E-state index in [1.165, 1.54) is 5.56 Å². The Kier molecular flexibility index (Phi) is 4.15. The van der Waals surface area contributed by atoms with Gasteiger partial charge in [-0.2, -0.15) is 0 Å². The second-order valence-electron chi connectivity index (χ2n) is 4.24. The maximum Gasteiger partial charge on any atom is 0.320 e. The van der Waals surface area contributed by atoms with Crippen LogP contribution in [0, 0.1) is 10.5 Å². The molecule has 0 aliphatic rings. The van der Waals surface area contributed by atoms with Gasteiger partial charge in [0, 0.05) is 9.99 Å². The van der Waals surface area contributed by atoms with Crippen LogP contribution in [0.15, 0.2) is 24.4 Å². The fourth-order valence-corrected chi connectivity index (χ4v) is 2.05. The van der Waals surface area contributed by atoms with Crippen LogP contribution in [0.1, 0.15) is 11.3 Å². The van der Waals surface area contributed by atoms with Crippen LogP contribution >= 0.6 is 22.6 Å². The molecule has 2 aromatic rings. The van der Waals surface area contributed by atoms with Gasteiger partial charge in [-0.05, 0) is 47.2 Å². The molecule has 1 aromatic heterocycles. The number of carboxylic acid groups (broad SMARTS) is 1. The van der Waals surface area contributed by atoms with Crippen molar-refractivity contribution in [3.05, 3.63) is 39.2 Å². The smallest absolute Gasteiger partial charge is 0.320 e. The lowest BCUT2D eigenvalue weighted by Crippen LogP contribution is -2.32. The first kappa shape index (κ1) is 13.9. The van der Waals surface area contributed by atoms with Crippen molar-refractivity contribution in [2.45, 2.75) is 19.4 Å². The molecule has 0 spiro atoms. The Balaban J connectivity index is 2.20. The molecular formula is C12H13IN4O2. The maximum atomic E-state index is 10.7. The number of benzene rings is 1. The highest BCUT2D eigenvalue weighted by Crippen LogP contribution is 2.16. The van der Waals surface area contributed by atoms with E-state index in [1.54, 1.807) is 10.9 Å². The largest absolute Gasteiger partial charge is 0.480 e. The van der Waals surface area contributed by atoms with Crippen molar-refractivity contribution < 1.29 is 9.90 Å². The fraction of sp³-hybridized carbons (Fsp3) is 0.250. The number of hydrogen-bond donors (Lipinski definition) is 2. The van der Waals surface area contributed by atoms with Crippen LogP contribution in [0.5, 0.6) is 0 Å². The van der Waals surface area contributed by atoms with Crippen LogP contribution in [0.3, 0.4) is 0 Å². The van der Waals surface area contributed by atoms with Gasteiger partial charge in [0.2, 0.25) is 0 Å². The molecule has 3 N–H and O–H groups in total. The van der Waals surface area contributed by atoms with E-state index in [0.29, 0.717) is 5.69 Å². The van der Waals surface area contributed by atoms with E-state index >= 15 is 0 Å². The minimum atomic E-state index is -1.04. The van der Waals surface area contributed by atoms with Crippen LogP contribution < -0.4 is 5.73 Å². The maximum absolute atomic E-state index is 10.7. The predicted molar refractivity (Wildman–Crippen MR) is 78.1 cm³/mol. The first-order chi connectivity index (χ1) is 8.97. The average molecular weight is 372 g/mol. The lowest BCUT2D eigenvalue weighted by atomic mass is 10.2. The van der Waals surface area contributed by atoms with Crippen molar-refractivity contribution in [1.82, 2.24) is 15.0 Å². The molecule has 0 saturated heterocycles. The molecule has 0 aliphatic heterocycles. The van der Waals surface area contributed by atoms with Gasteiger partial charge in [-0.15, -0.1) is 5.10 Å². The molecule has 0 fully saturated rings. The Bertz CT molecular complexity index is 612. The number of nitrogens with zero attached hydrogens (tertiary/aromatic N) is 3. The summed E-state index contributed by atoms with van der Waals surface area (Å²) >= 11 is 2.25. The van der Waals surface area contributed by atoms with E-state index in [9.17, 15) is 4.79 Å². The molecular weight excluding hydrogens is 359 g/mol. The summed E-state index contributed by atoms with van der Waals surface area (Å²) in [6, 6.07) is 4.98. The standard InChI is InChI=1S/C12H13IN4O2/c1-7-2-3-9(5-10(7)13)17-6-8(15-16-17)4-11(14)12(18)19/h2-3,5-6,11H,4,14H2,1H3,(H,18,19). The van der Waals surface area contributed by atoms with Crippen LogP contribution in [0.2, 0.25) is 0 Å². The highest BCUT2D eigenvalue weighted by molar-refractivity contribution is 14.1. The third-order valence-electron chi connectivity index (χ3n) is 2.71. The minimum Gasteiger partial charge on any atom is -0.480 e. The van der Waals surface area contributed by atoms with Crippen molar-refractivity contribution in [1.29, 1.82) is 0 Å². The van der Waals surface area contributed by atoms with E-state index in [1.807, 2.05) is 25.1 Å². The summed E-state index contributed by atoms with van der Waals surface area (Å²) in [6.07, 6.45) is 1.86. The zero-order valence-electron chi connectivity index (χ0n) is 10.2. The highest BCUT2D eigenvalue weighted by atomic mass is 127. The average Bonchev–Trinajstić information content (AvgIpc) is 2.81. The number of nitrogens with two attached hydrogens (primary N) is 1. The summed E-state index contributed by atoms with van der Waals surface area (Å²) < 4.78 is 2.75. The molecule has 0 aliphatic carbocycles. The van der Waals surface area contributed by atoms with Crippen LogP contribution in [0.4, 0.5) is 0 Å². The van der Waals surface area contributed by atoms with E-state index in [-0.39, 0.29) is 6.42 Å². The van der Waals surface area contributed by atoms with E-state index in [2.05, 4.69) is 32.9 Å². The molecule has 2 rings (SSSR count). The van der Waals surface area contributed by atoms with Gasteiger partial charge in [-0.1, -0.05) is 11.3 Å². The van der Waals surface area contributed by atoms with Crippen molar-refractivity contribution in [2.75, 3.05) is 0 Å². The Morgan fingerprint density at radius 1 is 1.58 bits per heavy atom. The predicted octanol–water partition coefficient (Wildman–Crippen LogP) is 1.13. The summed E-state index contributed by atoms with van der Waals surface area (Å²) in [7, 11) is 0. The topological polar surface area (TPSA) is 94.0 Å². The van der Waals surface area contributed by atoms with Crippen molar-refractivity contribution >= 4 is 28.6 Å². The number of aliphatic carboxylic acids is 1. The normalized spacial score (nSPS) is 12.4. The third kappa shape index (κ3) is 3.29. The molecule has 0 bridgehead atoms. The third-order valence-corrected chi connectivity index (χ3v) is 3.87. The van der Waals surface area contributed by atoms with Crippen LogP contribution in [-0.4, -0.2) is 32.1 Å². The molecule has 100 valence electrons. The Morgan fingerprint density at radius 2 is 2.32 bits per heavy atom. The molecule has 6 nitrogen and oxygen atoms in total. The summed E-state index contributed by atoms with van der Waals surface area (Å²) in [6.45, 7) is 2.03. The van der Waals surface area contributed by atoms with Gasteiger partial charge in [0.1, 0.15) is 6.04 Å². The number of rotatable bonds is 4. The number of hydrogen-bond acceptors (Lipinski definition) is 4. The quantitative estimate of drug-likeness (QED) is 0.785. The van der Waals surface area contributed by atoms with Gasteiger partial charge in [0.05, 0.1) is 17.6 Å². The Hall–Kier alpha value is -1.48. The second kappa shape index (κ2) is 5.66. The van der Waals surface area contributed by atoms with Crippen LogP contribution in [-0.2, 0) is 11.2 Å². The SMILES string of the molecule is Cc1ccc(-n2cc(CC(N)C(=O)O)nn2)cc1I. The van der Waals surface area contributed by atoms with E-state index in [0.717, 1.165) is 9.26 Å². The van der Waals surface area contributed by atoms with Gasteiger partial charge in [0.15, 0.2) is 0 Å². The van der Waals surface area contributed by atoms with E-state index in [4.69, 9.17) is 10.8 Å². The first-order valence-corrected chi connectivity index (χ1v) is 6.71. The molecule has 0 radical (unpaired) electrons. The van der Waals surface area contributed by atoms with Crippen molar-refractivity contribution in [3.8, 4) is 5.69 Å². The minimum absolute atomic E-state index is 0.165. The molecule has 1 unspecified atom stereocenters. The van der Waals surface area contributed by atoms with Crippen molar-refractivity contribution in [3.63, 3.8) is 0 Å². The number of carboxylic acids is 1. The molecule has 1 aromatic carbocycles. The van der Waals surface area contributed by atoms with E-state index < -0.39 is 12.0 Å². The molecule has 1 atom stereocenters. The zero-order valence-corrected chi connectivity index (χ0v) is 12.4. The summed E-state index contributed by atoms with van der Waals surface area (Å²) in [5, 5.41) is 16.7. The molecule has 1 heterocycles. The molecule has 7 heteroatoms. The monoisotopic (exact) mass is 372 g/mol. The number of carbonyl (C=O) groups is 1. The Labute approximate surface area is 123 Å². The lowest BCUT2D eigenvalue weighted by Gasteiger charge is -2.03. The summed E-state index contributed by atoms with van der Waals surface area (Å²) in [4.78, 5) is 10.7. The zero-order chi connectivity index (χ0) is 14.0. The molecule has 19 heavy (non-hydrogen) atoms. The number of halogens is 1. The lowest BCUT2D eigenvalue weighted by molar-refractivity contribution is -0.138. The fourth-order valence-electron chi connectivity index (χ4n) is 1.56. The summed E-state index contributed by atoms with van der Waals surface area (Å²) in [5.41, 5.74) is 8.10. The van der Waals surface area contributed by atoms with Crippen LogP contribution in [0.25, 0.3) is 5.69 Å². The summed E-state index contributed by atoms with van der Waals surface area (Å²) in [5.74, 6) is -1.04. The highest BCUT2D eigenvalue weighted by Gasteiger charge is 2.14. The van der Waals surface area contributed by atoms with Gasteiger partial charge in [-0.3, -0.25) is 4.79 Å². The molecule has 0 saturated carbocycles. The second-order valence-corrected chi connectivity index (χ2v) is 5.40. The number of aromatic nitrogens is 3. The van der Waals surface area contributed by atoms with Gasteiger partial charge in [-0.25, -0.2) is 4.68 Å². The van der Waals surface area contributed by atoms with Gasteiger partial charge in [0.25, 0.3) is 0 Å². The van der Waals surface area contributed by atoms with Gasteiger partial charge < -0.3 is 10.8 Å². The first-order valence-electron chi connectivity index (χ1n) is 5.63. The van der Waals surface area contributed by atoms with Crippen molar-refractivity contribution in [2.24, 2.45) is 5.73 Å².